The van der Waals surface area contributed by atoms with Crippen molar-refractivity contribution in [2.75, 3.05) is 0 Å². The van der Waals surface area contributed by atoms with Gasteiger partial charge in [-0.05, 0) is 49.1 Å². The Hall–Kier alpha value is -1.35. The summed E-state index contributed by atoms with van der Waals surface area (Å²) in [6.45, 7) is 2.35. The highest BCUT2D eigenvalue weighted by Gasteiger charge is 2.42. The van der Waals surface area contributed by atoms with Crippen molar-refractivity contribution in [3.63, 3.8) is 0 Å². The second kappa shape index (κ2) is 5.57. The summed E-state index contributed by atoms with van der Waals surface area (Å²) < 4.78 is 0. The normalized spacial score (nSPS) is 29.4. The van der Waals surface area contributed by atoms with Gasteiger partial charge in [-0.25, -0.2) is 0 Å². The summed E-state index contributed by atoms with van der Waals surface area (Å²) >= 11 is 0. The zero-order chi connectivity index (χ0) is 14.1. The topological polar surface area (TPSA) is 49.3 Å². The van der Waals surface area contributed by atoms with Gasteiger partial charge in [-0.15, -0.1) is 0 Å². The lowest BCUT2D eigenvalue weighted by Gasteiger charge is -2.20. The molecule has 0 aliphatic heterocycles. The lowest BCUT2D eigenvalue weighted by atomic mass is 9.88. The number of nitrogens with one attached hydrogen (secondary N) is 1. The van der Waals surface area contributed by atoms with Crippen molar-refractivity contribution in [2.45, 2.75) is 45.3 Å². The van der Waals surface area contributed by atoms with E-state index in [1.165, 1.54) is 19.3 Å². The van der Waals surface area contributed by atoms with Crippen molar-refractivity contribution < 1.29 is 9.90 Å². The molecular formula is C17H23NO2. The highest BCUT2D eigenvalue weighted by molar-refractivity contribution is 5.79. The Morgan fingerprint density at radius 2 is 2.05 bits per heavy atom. The molecular weight excluding hydrogens is 250 g/mol. The van der Waals surface area contributed by atoms with Gasteiger partial charge in [0.2, 0.25) is 5.91 Å². The first kappa shape index (κ1) is 13.6. The fraction of sp³-hybridized carbons (Fsp3) is 0.588. The number of rotatable bonds is 4. The van der Waals surface area contributed by atoms with Crippen molar-refractivity contribution in [1.82, 2.24) is 5.32 Å². The van der Waals surface area contributed by atoms with E-state index in [4.69, 9.17) is 0 Å². The Morgan fingerprint density at radius 3 is 2.60 bits per heavy atom. The van der Waals surface area contributed by atoms with Gasteiger partial charge >= 0.3 is 0 Å². The summed E-state index contributed by atoms with van der Waals surface area (Å²) in [5.41, 5.74) is 2.00. The van der Waals surface area contributed by atoms with Crippen LogP contribution in [0, 0.1) is 17.8 Å². The van der Waals surface area contributed by atoms with Crippen LogP contribution in [0.2, 0.25) is 0 Å². The van der Waals surface area contributed by atoms with Crippen LogP contribution in [0.15, 0.2) is 24.3 Å². The smallest absolute Gasteiger partial charge is 0.223 e. The molecule has 0 heterocycles. The van der Waals surface area contributed by atoms with Crippen LogP contribution in [0.4, 0.5) is 0 Å². The molecule has 1 aromatic carbocycles. The zero-order valence-electron chi connectivity index (χ0n) is 12.0. The summed E-state index contributed by atoms with van der Waals surface area (Å²) in [5.74, 6) is 1.93. The van der Waals surface area contributed by atoms with E-state index in [9.17, 15) is 9.90 Å². The summed E-state index contributed by atoms with van der Waals surface area (Å²) in [4.78, 5) is 12.2. The summed E-state index contributed by atoms with van der Waals surface area (Å²) in [5, 5.41) is 12.5. The third-order valence-electron chi connectivity index (χ3n) is 5.00. The van der Waals surface area contributed by atoms with Crippen LogP contribution in [0.5, 0.6) is 0 Å². The fourth-order valence-corrected chi connectivity index (χ4v) is 3.80. The zero-order valence-corrected chi connectivity index (χ0v) is 12.0. The van der Waals surface area contributed by atoms with Gasteiger partial charge in [-0.3, -0.25) is 4.79 Å². The number of aliphatic hydroxyl groups is 1. The number of hydrogen-bond donors (Lipinski definition) is 2. The summed E-state index contributed by atoms with van der Waals surface area (Å²) in [6, 6.07) is 7.79. The van der Waals surface area contributed by atoms with Crippen LogP contribution >= 0.6 is 0 Å². The molecule has 4 atom stereocenters. The molecule has 20 heavy (non-hydrogen) atoms. The Balaban J connectivity index is 1.53. The molecule has 108 valence electrons. The molecule has 2 aliphatic carbocycles. The number of fused-ring (bicyclic) bond motifs is 2. The van der Waals surface area contributed by atoms with Crippen molar-refractivity contribution in [3.8, 4) is 0 Å². The second-order valence-corrected chi connectivity index (χ2v) is 6.42. The van der Waals surface area contributed by atoms with Gasteiger partial charge < -0.3 is 10.4 Å². The van der Waals surface area contributed by atoms with Crippen LogP contribution < -0.4 is 5.32 Å². The first-order chi connectivity index (χ1) is 9.63. The van der Waals surface area contributed by atoms with E-state index >= 15 is 0 Å². The third kappa shape index (κ3) is 2.73. The van der Waals surface area contributed by atoms with Gasteiger partial charge in [-0.1, -0.05) is 30.7 Å². The minimum absolute atomic E-state index is 0.233. The number of aliphatic hydroxyl groups excluding tert-OH is 1. The summed E-state index contributed by atoms with van der Waals surface area (Å²) in [7, 11) is 0. The molecule has 1 aromatic rings. The number of benzene rings is 1. The minimum Gasteiger partial charge on any atom is -0.389 e. The van der Waals surface area contributed by atoms with E-state index in [1.807, 2.05) is 24.3 Å². The lowest BCUT2D eigenvalue weighted by molar-refractivity contribution is -0.126. The maximum atomic E-state index is 12.2. The van der Waals surface area contributed by atoms with E-state index < -0.39 is 6.10 Å². The lowest BCUT2D eigenvalue weighted by Crippen LogP contribution is -2.33. The fourth-order valence-electron chi connectivity index (χ4n) is 3.80. The largest absolute Gasteiger partial charge is 0.389 e. The van der Waals surface area contributed by atoms with E-state index in [2.05, 4.69) is 5.32 Å². The van der Waals surface area contributed by atoms with E-state index in [0.29, 0.717) is 12.5 Å². The Morgan fingerprint density at radius 1 is 1.30 bits per heavy atom. The number of amides is 1. The van der Waals surface area contributed by atoms with Gasteiger partial charge in [0.15, 0.2) is 0 Å². The number of hydrogen-bond acceptors (Lipinski definition) is 2. The van der Waals surface area contributed by atoms with E-state index in [0.717, 1.165) is 23.5 Å². The van der Waals surface area contributed by atoms with Crippen LogP contribution in [-0.2, 0) is 11.3 Å². The molecule has 3 rings (SSSR count). The minimum atomic E-state index is -0.437. The quantitative estimate of drug-likeness (QED) is 0.886. The van der Waals surface area contributed by atoms with Crippen LogP contribution in [-0.4, -0.2) is 11.0 Å². The monoisotopic (exact) mass is 273 g/mol. The molecule has 2 N–H and O–H groups in total. The maximum absolute atomic E-state index is 12.2. The van der Waals surface area contributed by atoms with Gasteiger partial charge in [0.1, 0.15) is 0 Å². The molecule has 1 amide bonds. The second-order valence-electron chi connectivity index (χ2n) is 6.42. The third-order valence-corrected chi connectivity index (χ3v) is 5.00. The predicted molar refractivity (Wildman–Crippen MR) is 77.9 cm³/mol. The van der Waals surface area contributed by atoms with Gasteiger partial charge in [0.05, 0.1) is 6.10 Å². The van der Waals surface area contributed by atoms with Crippen molar-refractivity contribution in [2.24, 2.45) is 17.8 Å². The first-order valence-electron chi connectivity index (χ1n) is 7.68. The average molecular weight is 273 g/mol. The molecule has 0 unspecified atom stereocenters. The Bertz CT molecular complexity index is 480. The molecule has 0 radical (unpaired) electrons. The van der Waals surface area contributed by atoms with E-state index in [-0.39, 0.29) is 11.8 Å². The SMILES string of the molecule is C[C@H](O)c1ccc(CNC(=O)[C@@H]2C[C@H]3CC[C@H]2C3)cc1. The van der Waals surface area contributed by atoms with Gasteiger partial charge in [0.25, 0.3) is 0 Å². The average Bonchev–Trinajstić information content (AvgIpc) is 3.08. The summed E-state index contributed by atoms with van der Waals surface area (Å²) in [6.07, 6.45) is 4.49. The standard InChI is InChI=1S/C17H23NO2/c1-11(19)14-5-2-12(3-6-14)10-18-17(20)16-9-13-4-7-15(16)8-13/h2-3,5-6,11,13,15-16,19H,4,7-10H2,1H3,(H,18,20)/t11-,13-,15-,16+/m0/s1. The highest BCUT2D eigenvalue weighted by atomic mass is 16.3. The molecule has 3 heteroatoms. The van der Waals surface area contributed by atoms with Crippen molar-refractivity contribution >= 4 is 5.91 Å². The molecule has 0 aromatic heterocycles. The number of carbonyl (C=O) groups excluding carboxylic acids is 1. The van der Waals surface area contributed by atoms with Crippen molar-refractivity contribution in [3.05, 3.63) is 35.4 Å². The van der Waals surface area contributed by atoms with E-state index in [1.54, 1.807) is 6.92 Å². The van der Waals surface area contributed by atoms with Crippen LogP contribution in [0.1, 0.15) is 49.8 Å². The molecule has 2 saturated carbocycles. The van der Waals surface area contributed by atoms with Crippen LogP contribution in [0.3, 0.4) is 0 Å². The molecule has 2 aliphatic rings. The molecule has 2 bridgehead atoms. The first-order valence-corrected chi connectivity index (χ1v) is 7.68. The Kier molecular flexibility index (Phi) is 3.79. The Labute approximate surface area is 120 Å². The van der Waals surface area contributed by atoms with Crippen molar-refractivity contribution in [1.29, 1.82) is 0 Å². The van der Waals surface area contributed by atoms with Gasteiger partial charge in [-0.2, -0.15) is 0 Å². The van der Waals surface area contributed by atoms with Crippen LogP contribution in [0.25, 0.3) is 0 Å². The number of carbonyl (C=O) groups is 1. The molecule has 0 saturated heterocycles. The maximum Gasteiger partial charge on any atom is 0.223 e. The highest BCUT2D eigenvalue weighted by Crippen LogP contribution is 2.48. The predicted octanol–water partition coefficient (Wildman–Crippen LogP) is 2.79. The molecule has 2 fully saturated rings. The molecule has 0 spiro atoms. The van der Waals surface area contributed by atoms with Gasteiger partial charge in [0, 0.05) is 12.5 Å². The molecule has 3 nitrogen and oxygen atoms in total.